The van der Waals surface area contributed by atoms with Crippen molar-refractivity contribution in [3.8, 4) is 45.3 Å². The third-order valence-corrected chi connectivity index (χ3v) is 12.4. The number of aromatic nitrogens is 4. The van der Waals surface area contributed by atoms with Gasteiger partial charge in [0.1, 0.15) is 17.0 Å². The van der Waals surface area contributed by atoms with Crippen LogP contribution < -0.4 is 4.74 Å². The minimum atomic E-state index is -0.691. The molecule has 8 aromatic carbocycles. The van der Waals surface area contributed by atoms with E-state index in [1.165, 1.54) is 54.8 Å². The Morgan fingerprint density at radius 1 is 0.404 bits per heavy atom. The van der Waals surface area contributed by atoms with Crippen molar-refractivity contribution in [1.82, 2.24) is 18.9 Å². The highest BCUT2D eigenvalue weighted by Gasteiger charge is 2.52. The molecule has 57 heavy (non-hydrogen) atoms. The van der Waals surface area contributed by atoms with Gasteiger partial charge in [-0.2, -0.15) is 5.10 Å². The molecule has 5 nitrogen and oxygen atoms in total. The first-order valence-electron chi connectivity index (χ1n) is 19.5. The van der Waals surface area contributed by atoms with Crippen LogP contribution in [0.25, 0.3) is 77.4 Å². The molecule has 1 spiro atoms. The Kier molecular flexibility index (Phi) is 6.04. The zero-order chi connectivity index (χ0) is 37.2. The van der Waals surface area contributed by atoms with E-state index in [1.807, 2.05) is 12.3 Å². The van der Waals surface area contributed by atoms with Crippen LogP contribution in [0.2, 0.25) is 0 Å². The maximum atomic E-state index is 6.71. The zero-order valence-electron chi connectivity index (χ0n) is 30.7. The van der Waals surface area contributed by atoms with Crippen molar-refractivity contribution < 1.29 is 4.74 Å². The van der Waals surface area contributed by atoms with Crippen molar-refractivity contribution in [2.45, 2.75) is 5.54 Å². The Bertz CT molecular complexity index is 3460. The van der Waals surface area contributed by atoms with Crippen molar-refractivity contribution in [3.63, 3.8) is 0 Å². The molecule has 0 bridgehead atoms. The van der Waals surface area contributed by atoms with Crippen molar-refractivity contribution in [2.75, 3.05) is 0 Å². The highest BCUT2D eigenvalue weighted by atomic mass is 16.5. The molecule has 1 atom stereocenters. The van der Waals surface area contributed by atoms with Crippen LogP contribution >= 0.6 is 0 Å². The van der Waals surface area contributed by atoms with Crippen molar-refractivity contribution >= 4 is 43.6 Å². The van der Waals surface area contributed by atoms with Crippen molar-refractivity contribution in [3.05, 3.63) is 211 Å². The van der Waals surface area contributed by atoms with E-state index in [0.717, 1.165) is 50.7 Å². The quantitative estimate of drug-likeness (QED) is 0.182. The summed E-state index contributed by atoms with van der Waals surface area (Å²) >= 11 is 0. The normalized spacial score (nSPS) is 15.2. The summed E-state index contributed by atoms with van der Waals surface area (Å²) < 4.78 is 13.7. The van der Waals surface area contributed by atoms with Gasteiger partial charge in [-0.25, -0.2) is 4.68 Å². The fourth-order valence-corrected chi connectivity index (χ4v) is 10.0. The van der Waals surface area contributed by atoms with Gasteiger partial charge in [-0.3, -0.25) is 0 Å². The highest BCUT2D eigenvalue weighted by molar-refractivity contribution is 6.12. The van der Waals surface area contributed by atoms with Crippen LogP contribution in [0, 0.1) is 0 Å². The molecule has 0 saturated carbocycles. The van der Waals surface area contributed by atoms with E-state index in [4.69, 9.17) is 9.84 Å². The summed E-state index contributed by atoms with van der Waals surface area (Å²) in [6.45, 7) is 0. The second-order valence-electron chi connectivity index (χ2n) is 15.2. The molecule has 3 aromatic heterocycles. The Labute approximate surface area is 327 Å². The predicted molar refractivity (Wildman–Crippen MR) is 230 cm³/mol. The van der Waals surface area contributed by atoms with Gasteiger partial charge in [-0.05, 0) is 95.6 Å². The number of rotatable bonds is 3. The third-order valence-electron chi connectivity index (χ3n) is 12.4. The Balaban J connectivity index is 1.01. The van der Waals surface area contributed by atoms with Gasteiger partial charge in [0.25, 0.3) is 0 Å². The average Bonchev–Trinajstić information content (AvgIpc) is 4.03. The van der Waals surface area contributed by atoms with E-state index in [-0.39, 0.29) is 0 Å². The van der Waals surface area contributed by atoms with Gasteiger partial charge in [0, 0.05) is 55.8 Å². The third kappa shape index (κ3) is 3.99. The SMILES string of the molecule is c1ccc(-n2c3ccccc3c3cc(-c4ccc5c(c4)c4ccccc4n5-c4ccc5c(c4)C4(c6ccccc6O5)c5ccccc5-c5ccnn54)ccc32)cc1. The lowest BCUT2D eigenvalue weighted by molar-refractivity contribution is 0.382. The summed E-state index contributed by atoms with van der Waals surface area (Å²) in [5.74, 6) is 1.69. The lowest BCUT2D eigenvalue weighted by Gasteiger charge is -2.39. The minimum Gasteiger partial charge on any atom is -0.457 e. The lowest BCUT2D eigenvalue weighted by atomic mass is 9.75. The number of ether oxygens (including phenoxy) is 1. The zero-order valence-corrected chi connectivity index (χ0v) is 30.7. The molecule has 5 heterocycles. The average molecular weight is 729 g/mol. The van der Waals surface area contributed by atoms with E-state index in [1.54, 1.807) is 0 Å². The molecule has 0 amide bonds. The molecule has 1 unspecified atom stereocenters. The van der Waals surface area contributed by atoms with Gasteiger partial charge in [0.2, 0.25) is 0 Å². The molecule has 5 heteroatoms. The van der Waals surface area contributed by atoms with Gasteiger partial charge >= 0.3 is 0 Å². The maximum absolute atomic E-state index is 6.71. The number of fused-ring (bicyclic) bond motifs is 15. The summed E-state index contributed by atoms with van der Waals surface area (Å²) in [4.78, 5) is 0. The summed E-state index contributed by atoms with van der Waals surface area (Å²) in [6.07, 6.45) is 1.91. The number of benzene rings is 8. The maximum Gasteiger partial charge on any atom is 0.146 e. The van der Waals surface area contributed by atoms with Gasteiger partial charge in [-0.15, -0.1) is 0 Å². The van der Waals surface area contributed by atoms with E-state index in [0.29, 0.717) is 0 Å². The molecule has 2 aliphatic heterocycles. The van der Waals surface area contributed by atoms with Crippen LogP contribution in [0.1, 0.15) is 16.7 Å². The monoisotopic (exact) mass is 728 g/mol. The summed E-state index contributed by atoms with van der Waals surface area (Å²) in [6, 6.07) is 67.9. The smallest absolute Gasteiger partial charge is 0.146 e. The summed E-state index contributed by atoms with van der Waals surface area (Å²) in [7, 11) is 0. The van der Waals surface area contributed by atoms with E-state index < -0.39 is 5.54 Å². The first kappa shape index (κ1) is 30.7. The fraction of sp³-hybridized carbons (Fsp3) is 0.0192. The molecule has 0 N–H and O–H groups in total. The molecule has 0 fully saturated rings. The van der Waals surface area contributed by atoms with E-state index in [9.17, 15) is 0 Å². The number of hydrogen-bond donors (Lipinski definition) is 0. The molecule has 0 saturated heterocycles. The van der Waals surface area contributed by atoms with Gasteiger partial charge in [0.15, 0.2) is 0 Å². The largest absolute Gasteiger partial charge is 0.457 e. The standard InChI is InChI=1S/C52H32N4O/c1-2-12-35(13-3-1)54-45-19-9-5-14-37(45)40-30-33(22-25-47(40)54)34-23-26-48-41(31-34)38-15-6-10-20-46(38)55(48)36-24-27-51-44(32-36)52(43-18-8-11-21-50(43)57-51)42-17-7-4-16-39(42)49-28-29-53-56(49)52/h1-32H. The molecule has 266 valence electrons. The minimum absolute atomic E-state index is 0.691. The molecule has 11 aromatic rings. The van der Waals surface area contributed by atoms with Gasteiger partial charge < -0.3 is 13.9 Å². The fourth-order valence-electron chi connectivity index (χ4n) is 10.0. The molecule has 13 rings (SSSR count). The molecule has 2 aliphatic rings. The number of nitrogens with zero attached hydrogens (tertiary/aromatic N) is 4. The molecular formula is C52H32N4O. The second kappa shape index (κ2) is 11.2. The van der Waals surface area contributed by atoms with E-state index >= 15 is 0 Å². The lowest BCUT2D eigenvalue weighted by Crippen LogP contribution is -2.38. The number of para-hydroxylation sites is 4. The van der Waals surface area contributed by atoms with Crippen molar-refractivity contribution in [2.24, 2.45) is 0 Å². The first-order chi connectivity index (χ1) is 28.3. The van der Waals surface area contributed by atoms with Crippen LogP contribution in [-0.2, 0) is 5.54 Å². The topological polar surface area (TPSA) is 36.9 Å². The van der Waals surface area contributed by atoms with Crippen LogP contribution in [0.4, 0.5) is 0 Å². The van der Waals surface area contributed by atoms with Crippen LogP contribution in [-0.4, -0.2) is 18.9 Å². The predicted octanol–water partition coefficient (Wildman–Crippen LogP) is 12.7. The van der Waals surface area contributed by atoms with Gasteiger partial charge in [0.05, 0.1) is 27.8 Å². The molecule has 0 aliphatic carbocycles. The summed E-state index contributed by atoms with van der Waals surface area (Å²) in [5.41, 5.74) is 14.3. The molecule has 0 radical (unpaired) electrons. The summed E-state index contributed by atoms with van der Waals surface area (Å²) in [5, 5.41) is 9.94. The Morgan fingerprint density at radius 3 is 1.72 bits per heavy atom. The highest BCUT2D eigenvalue weighted by Crippen LogP contribution is 2.58. The van der Waals surface area contributed by atoms with Gasteiger partial charge in [-0.1, -0.05) is 109 Å². The van der Waals surface area contributed by atoms with Crippen LogP contribution in [0.5, 0.6) is 11.5 Å². The second-order valence-corrected chi connectivity index (χ2v) is 15.2. The first-order valence-corrected chi connectivity index (χ1v) is 19.5. The van der Waals surface area contributed by atoms with Crippen LogP contribution in [0.15, 0.2) is 194 Å². The van der Waals surface area contributed by atoms with Crippen LogP contribution in [0.3, 0.4) is 0 Å². The van der Waals surface area contributed by atoms with E-state index in [2.05, 4.69) is 196 Å². The van der Waals surface area contributed by atoms with Crippen molar-refractivity contribution in [1.29, 1.82) is 0 Å². The Hall–Kier alpha value is -7.63. The number of hydrogen-bond acceptors (Lipinski definition) is 2. The Morgan fingerprint density at radius 2 is 0.982 bits per heavy atom. The molecular weight excluding hydrogens is 697 g/mol.